The summed E-state index contributed by atoms with van der Waals surface area (Å²) < 4.78 is 10.9. The van der Waals surface area contributed by atoms with Gasteiger partial charge in [-0.3, -0.25) is 9.59 Å². The zero-order valence-electron chi connectivity index (χ0n) is 15.7. The Kier molecular flexibility index (Phi) is 6.77. The molecule has 0 aliphatic rings. The Morgan fingerprint density at radius 1 is 1.27 bits per heavy atom. The van der Waals surface area contributed by atoms with Crippen molar-refractivity contribution in [2.75, 3.05) is 19.6 Å². The fourth-order valence-corrected chi connectivity index (χ4v) is 2.52. The van der Waals surface area contributed by atoms with E-state index in [9.17, 15) is 9.59 Å². The van der Waals surface area contributed by atoms with Gasteiger partial charge in [-0.25, -0.2) is 0 Å². The van der Waals surface area contributed by atoms with Gasteiger partial charge in [-0.05, 0) is 45.9 Å². The van der Waals surface area contributed by atoms with Crippen molar-refractivity contribution in [3.63, 3.8) is 0 Å². The second kappa shape index (κ2) is 9.03. The average molecular weight is 359 g/mol. The summed E-state index contributed by atoms with van der Waals surface area (Å²) in [6.45, 7) is 8.71. The maximum atomic E-state index is 12.7. The van der Waals surface area contributed by atoms with E-state index in [1.165, 1.54) is 4.90 Å². The first-order valence-electron chi connectivity index (χ1n) is 8.66. The van der Waals surface area contributed by atoms with Crippen LogP contribution in [0.25, 0.3) is 0 Å². The SMILES string of the molecule is CCNC(=O)CN(CC)C(=O)c1cccc(OCc2c(C)noc2C)c1. The van der Waals surface area contributed by atoms with Gasteiger partial charge in [-0.1, -0.05) is 11.2 Å². The van der Waals surface area contributed by atoms with Crippen LogP contribution >= 0.6 is 0 Å². The Morgan fingerprint density at radius 3 is 2.65 bits per heavy atom. The zero-order valence-corrected chi connectivity index (χ0v) is 15.7. The summed E-state index contributed by atoms with van der Waals surface area (Å²) >= 11 is 0. The molecule has 26 heavy (non-hydrogen) atoms. The van der Waals surface area contributed by atoms with Gasteiger partial charge >= 0.3 is 0 Å². The molecule has 2 amide bonds. The smallest absolute Gasteiger partial charge is 0.254 e. The van der Waals surface area contributed by atoms with Crippen LogP contribution in [0.2, 0.25) is 0 Å². The molecule has 7 heteroatoms. The average Bonchev–Trinajstić information content (AvgIpc) is 2.95. The molecule has 140 valence electrons. The number of hydrogen-bond acceptors (Lipinski definition) is 5. The molecule has 0 bridgehead atoms. The van der Waals surface area contributed by atoms with Gasteiger partial charge in [0, 0.05) is 18.7 Å². The summed E-state index contributed by atoms with van der Waals surface area (Å²) in [7, 11) is 0. The number of aryl methyl sites for hydroxylation is 2. The third kappa shape index (κ3) is 4.84. The highest BCUT2D eigenvalue weighted by Crippen LogP contribution is 2.19. The number of hydrogen-bond donors (Lipinski definition) is 1. The van der Waals surface area contributed by atoms with Crippen LogP contribution in [0.15, 0.2) is 28.8 Å². The standard InChI is InChI=1S/C19H25N3O4/c1-5-20-18(23)11-22(6-2)19(24)15-8-7-9-16(10-15)25-12-17-13(3)21-26-14(17)4/h7-10H,5-6,11-12H2,1-4H3,(H,20,23). The molecule has 0 saturated heterocycles. The molecule has 7 nitrogen and oxygen atoms in total. The lowest BCUT2D eigenvalue weighted by Gasteiger charge is -2.20. The topological polar surface area (TPSA) is 84.7 Å². The van der Waals surface area contributed by atoms with Gasteiger partial charge in [0.05, 0.1) is 17.8 Å². The zero-order chi connectivity index (χ0) is 19.1. The van der Waals surface area contributed by atoms with E-state index in [-0.39, 0.29) is 18.4 Å². The number of aromatic nitrogens is 1. The van der Waals surface area contributed by atoms with Gasteiger partial charge in [0.25, 0.3) is 5.91 Å². The summed E-state index contributed by atoms with van der Waals surface area (Å²) in [6.07, 6.45) is 0. The highest BCUT2D eigenvalue weighted by molar-refractivity contribution is 5.96. The first-order chi connectivity index (χ1) is 12.5. The molecule has 2 aromatic rings. The lowest BCUT2D eigenvalue weighted by molar-refractivity contribution is -0.121. The minimum absolute atomic E-state index is 0.0351. The molecule has 0 aliphatic carbocycles. The molecule has 0 fully saturated rings. The molecular weight excluding hydrogens is 334 g/mol. The van der Waals surface area contributed by atoms with Crippen molar-refractivity contribution in [3.05, 3.63) is 46.8 Å². The molecule has 0 atom stereocenters. The molecule has 1 aromatic heterocycles. The third-order valence-electron chi connectivity index (χ3n) is 4.02. The number of benzene rings is 1. The van der Waals surface area contributed by atoms with Crippen LogP contribution in [-0.4, -0.2) is 41.5 Å². The van der Waals surface area contributed by atoms with Gasteiger partial charge in [0.1, 0.15) is 18.1 Å². The van der Waals surface area contributed by atoms with Crippen molar-refractivity contribution < 1.29 is 18.8 Å². The van der Waals surface area contributed by atoms with E-state index in [4.69, 9.17) is 9.26 Å². The number of ether oxygens (including phenoxy) is 1. The predicted molar refractivity (Wildman–Crippen MR) is 97.0 cm³/mol. The largest absolute Gasteiger partial charge is 0.489 e. The molecule has 1 aromatic carbocycles. The van der Waals surface area contributed by atoms with Gasteiger partial charge in [0.2, 0.25) is 5.91 Å². The number of carbonyl (C=O) groups excluding carboxylic acids is 2. The van der Waals surface area contributed by atoms with Gasteiger partial charge in [-0.15, -0.1) is 0 Å². The lowest BCUT2D eigenvalue weighted by Crippen LogP contribution is -2.40. The number of amides is 2. The van der Waals surface area contributed by atoms with E-state index < -0.39 is 0 Å². The molecule has 0 unspecified atom stereocenters. The molecular formula is C19H25N3O4. The Hall–Kier alpha value is -2.83. The van der Waals surface area contributed by atoms with Crippen LogP contribution in [0.3, 0.4) is 0 Å². The Bertz CT molecular complexity index is 750. The van der Waals surface area contributed by atoms with Gasteiger partial charge < -0.3 is 19.5 Å². The minimum atomic E-state index is -0.207. The summed E-state index contributed by atoms with van der Waals surface area (Å²) in [5.41, 5.74) is 2.16. The van der Waals surface area contributed by atoms with Crippen molar-refractivity contribution in [1.82, 2.24) is 15.4 Å². The van der Waals surface area contributed by atoms with Crippen LogP contribution in [0.4, 0.5) is 0 Å². The first kappa shape index (κ1) is 19.5. The molecule has 0 spiro atoms. The van der Waals surface area contributed by atoms with E-state index in [1.54, 1.807) is 24.3 Å². The summed E-state index contributed by atoms with van der Waals surface area (Å²) in [6, 6.07) is 6.94. The molecule has 1 N–H and O–H groups in total. The van der Waals surface area contributed by atoms with Crippen LogP contribution in [-0.2, 0) is 11.4 Å². The lowest BCUT2D eigenvalue weighted by atomic mass is 10.2. The summed E-state index contributed by atoms with van der Waals surface area (Å²) in [5, 5.41) is 6.60. The predicted octanol–water partition coefficient (Wildman–Crippen LogP) is 2.47. The summed E-state index contributed by atoms with van der Waals surface area (Å²) in [5.74, 6) is 0.911. The van der Waals surface area contributed by atoms with Crippen LogP contribution in [0.1, 0.15) is 41.2 Å². The van der Waals surface area contributed by atoms with E-state index in [0.717, 1.165) is 11.3 Å². The third-order valence-corrected chi connectivity index (χ3v) is 4.02. The minimum Gasteiger partial charge on any atom is -0.489 e. The van der Waals surface area contributed by atoms with Crippen LogP contribution in [0, 0.1) is 13.8 Å². The van der Waals surface area contributed by atoms with Crippen molar-refractivity contribution in [1.29, 1.82) is 0 Å². The number of carbonyl (C=O) groups is 2. The van der Waals surface area contributed by atoms with Crippen LogP contribution < -0.4 is 10.1 Å². The Balaban J connectivity index is 2.07. The maximum Gasteiger partial charge on any atom is 0.254 e. The van der Waals surface area contributed by atoms with Crippen molar-refractivity contribution in [2.24, 2.45) is 0 Å². The normalized spacial score (nSPS) is 10.5. The highest BCUT2D eigenvalue weighted by atomic mass is 16.5. The van der Waals surface area contributed by atoms with Crippen LogP contribution in [0.5, 0.6) is 5.75 Å². The summed E-state index contributed by atoms with van der Waals surface area (Å²) in [4.78, 5) is 25.9. The van der Waals surface area contributed by atoms with E-state index in [0.29, 0.717) is 36.8 Å². The second-order valence-electron chi connectivity index (χ2n) is 5.89. The van der Waals surface area contributed by atoms with Crippen molar-refractivity contribution in [3.8, 4) is 5.75 Å². The number of nitrogens with one attached hydrogen (secondary N) is 1. The van der Waals surface area contributed by atoms with Crippen molar-refractivity contribution >= 4 is 11.8 Å². The van der Waals surface area contributed by atoms with Gasteiger partial charge in [0.15, 0.2) is 0 Å². The quantitative estimate of drug-likeness (QED) is 0.783. The molecule has 2 rings (SSSR count). The fourth-order valence-electron chi connectivity index (χ4n) is 2.52. The van der Waals surface area contributed by atoms with Gasteiger partial charge in [-0.2, -0.15) is 0 Å². The van der Waals surface area contributed by atoms with E-state index in [2.05, 4.69) is 10.5 Å². The van der Waals surface area contributed by atoms with Crippen molar-refractivity contribution in [2.45, 2.75) is 34.3 Å². The molecule has 0 aliphatic heterocycles. The molecule has 0 saturated carbocycles. The van der Waals surface area contributed by atoms with E-state index in [1.807, 2.05) is 27.7 Å². The van der Waals surface area contributed by atoms with E-state index >= 15 is 0 Å². The Morgan fingerprint density at radius 2 is 2.04 bits per heavy atom. The number of nitrogens with zero attached hydrogens (tertiary/aromatic N) is 2. The first-order valence-corrected chi connectivity index (χ1v) is 8.66. The maximum absolute atomic E-state index is 12.7. The number of rotatable bonds is 8. The molecule has 1 heterocycles. The Labute approximate surface area is 153 Å². The number of likely N-dealkylation sites (N-methyl/N-ethyl adjacent to an activating group) is 2. The molecule has 0 radical (unpaired) electrons. The second-order valence-corrected chi connectivity index (χ2v) is 5.89. The fraction of sp³-hybridized carbons (Fsp3) is 0.421. The highest BCUT2D eigenvalue weighted by Gasteiger charge is 2.18. The monoisotopic (exact) mass is 359 g/mol.